The maximum absolute atomic E-state index is 11.7. The van der Waals surface area contributed by atoms with Crippen molar-refractivity contribution in [2.75, 3.05) is 11.9 Å². The van der Waals surface area contributed by atoms with Gasteiger partial charge >= 0.3 is 5.97 Å². The third-order valence-electron chi connectivity index (χ3n) is 2.90. The van der Waals surface area contributed by atoms with Crippen LogP contribution in [-0.2, 0) is 20.9 Å². The molecule has 0 aliphatic rings. The van der Waals surface area contributed by atoms with Crippen LogP contribution in [0.1, 0.15) is 23.7 Å². The van der Waals surface area contributed by atoms with Crippen molar-refractivity contribution in [3.05, 3.63) is 40.4 Å². The van der Waals surface area contributed by atoms with Crippen molar-refractivity contribution in [1.29, 1.82) is 0 Å². The number of benzene rings is 1. The zero-order valence-corrected chi connectivity index (χ0v) is 14.0. The van der Waals surface area contributed by atoms with Crippen LogP contribution in [0.5, 0.6) is 5.75 Å². The zero-order chi connectivity index (χ0) is 16.8. The summed E-state index contributed by atoms with van der Waals surface area (Å²) < 4.78 is 10.6. The molecule has 0 unspecified atom stereocenters. The van der Waals surface area contributed by atoms with Gasteiger partial charge in [0.15, 0.2) is 11.7 Å². The normalized spacial score (nSPS) is 10.2. The second-order valence-electron chi connectivity index (χ2n) is 5.04. The monoisotopic (exact) mass is 334 g/mol. The first-order valence-corrected chi connectivity index (χ1v) is 7.89. The van der Waals surface area contributed by atoms with Crippen LogP contribution in [0.3, 0.4) is 0 Å². The molecule has 0 aliphatic carbocycles. The maximum atomic E-state index is 11.7. The molecule has 0 saturated heterocycles. The van der Waals surface area contributed by atoms with E-state index in [0.717, 1.165) is 11.1 Å². The molecular formula is C16H18N2O4S. The molecule has 0 spiro atoms. The fourth-order valence-corrected chi connectivity index (χ4v) is 2.52. The van der Waals surface area contributed by atoms with Gasteiger partial charge in [0.1, 0.15) is 12.4 Å². The van der Waals surface area contributed by atoms with Gasteiger partial charge in [0.2, 0.25) is 5.91 Å². The molecule has 6 nitrogen and oxygen atoms in total. The van der Waals surface area contributed by atoms with Gasteiger partial charge in [-0.3, -0.25) is 4.79 Å². The smallest absolute Gasteiger partial charge is 0.344 e. The average Bonchev–Trinajstić information content (AvgIpc) is 2.92. The topological polar surface area (TPSA) is 77.5 Å². The van der Waals surface area contributed by atoms with Gasteiger partial charge in [-0.2, -0.15) is 0 Å². The second kappa shape index (κ2) is 7.73. The third-order valence-corrected chi connectivity index (χ3v) is 3.71. The molecule has 1 heterocycles. The zero-order valence-electron chi connectivity index (χ0n) is 13.2. The van der Waals surface area contributed by atoms with Crippen molar-refractivity contribution in [2.24, 2.45) is 0 Å². The summed E-state index contributed by atoms with van der Waals surface area (Å²) in [5.41, 5.74) is 2.61. The predicted molar refractivity (Wildman–Crippen MR) is 87.6 cm³/mol. The Bertz CT molecular complexity index is 712. The fourth-order valence-electron chi connectivity index (χ4n) is 1.78. The second-order valence-corrected chi connectivity index (χ2v) is 5.90. The molecule has 1 amide bonds. The minimum Gasteiger partial charge on any atom is -0.482 e. The average molecular weight is 334 g/mol. The van der Waals surface area contributed by atoms with Gasteiger partial charge < -0.3 is 14.8 Å². The number of rotatable bonds is 6. The Morgan fingerprint density at radius 2 is 2.09 bits per heavy atom. The van der Waals surface area contributed by atoms with Gasteiger partial charge in [0, 0.05) is 12.3 Å². The van der Waals surface area contributed by atoms with Crippen LogP contribution in [0.2, 0.25) is 0 Å². The largest absolute Gasteiger partial charge is 0.482 e. The number of nitrogens with zero attached hydrogens (tertiary/aromatic N) is 1. The Morgan fingerprint density at radius 1 is 1.30 bits per heavy atom. The lowest BCUT2D eigenvalue weighted by molar-refractivity contribution is -0.147. The van der Waals surface area contributed by atoms with E-state index in [2.05, 4.69) is 10.3 Å². The van der Waals surface area contributed by atoms with Gasteiger partial charge in [0.25, 0.3) is 0 Å². The van der Waals surface area contributed by atoms with Gasteiger partial charge in [-0.15, -0.1) is 11.3 Å². The summed E-state index contributed by atoms with van der Waals surface area (Å²) >= 11 is 1.28. The first-order valence-electron chi connectivity index (χ1n) is 7.01. The van der Waals surface area contributed by atoms with Crippen LogP contribution in [0.15, 0.2) is 23.6 Å². The van der Waals surface area contributed by atoms with Gasteiger partial charge in [-0.25, -0.2) is 9.78 Å². The van der Waals surface area contributed by atoms with Crippen molar-refractivity contribution in [1.82, 2.24) is 4.98 Å². The van der Waals surface area contributed by atoms with Gasteiger partial charge in [-0.1, -0.05) is 12.1 Å². The SMILES string of the molecule is CC(=O)Nc1nc(COC(=O)COc2cc(C)ccc2C)cs1. The molecule has 0 fully saturated rings. The molecule has 2 rings (SSSR count). The van der Waals surface area contributed by atoms with E-state index < -0.39 is 5.97 Å². The van der Waals surface area contributed by atoms with E-state index in [9.17, 15) is 9.59 Å². The van der Waals surface area contributed by atoms with Crippen molar-refractivity contribution in [3.63, 3.8) is 0 Å². The summed E-state index contributed by atoms with van der Waals surface area (Å²) in [7, 11) is 0. The van der Waals surface area contributed by atoms with E-state index in [1.54, 1.807) is 5.38 Å². The van der Waals surface area contributed by atoms with E-state index in [4.69, 9.17) is 9.47 Å². The lowest BCUT2D eigenvalue weighted by atomic mass is 10.1. The van der Waals surface area contributed by atoms with Crippen LogP contribution in [0, 0.1) is 13.8 Å². The lowest BCUT2D eigenvalue weighted by Gasteiger charge is -2.09. The van der Waals surface area contributed by atoms with Crippen LogP contribution in [0.25, 0.3) is 0 Å². The summed E-state index contributed by atoms with van der Waals surface area (Å²) in [6.07, 6.45) is 0. The van der Waals surface area contributed by atoms with Crippen molar-refractivity contribution < 1.29 is 19.1 Å². The molecule has 1 N–H and O–H groups in total. The lowest BCUT2D eigenvalue weighted by Crippen LogP contribution is -2.15. The fraction of sp³-hybridized carbons (Fsp3) is 0.312. The number of aromatic nitrogens is 1. The first kappa shape index (κ1) is 17.0. The van der Waals surface area contributed by atoms with Crippen molar-refractivity contribution >= 4 is 28.3 Å². The quantitative estimate of drug-likeness (QED) is 0.822. The summed E-state index contributed by atoms with van der Waals surface area (Å²) in [6.45, 7) is 5.17. The number of carbonyl (C=O) groups is 2. The van der Waals surface area contributed by atoms with Crippen LogP contribution >= 0.6 is 11.3 Å². The number of aryl methyl sites for hydroxylation is 2. The highest BCUT2D eigenvalue weighted by molar-refractivity contribution is 7.13. The molecule has 0 radical (unpaired) electrons. The van der Waals surface area contributed by atoms with Crippen molar-refractivity contribution in [3.8, 4) is 5.75 Å². The van der Waals surface area contributed by atoms with Crippen LogP contribution in [-0.4, -0.2) is 23.5 Å². The molecular weight excluding hydrogens is 316 g/mol. The molecule has 2 aromatic rings. The minimum atomic E-state index is -0.472. The minimum absolute atomic E-state index is 0.0467. The van der Waals surface area contributed by atoms with E-state index >= 15 is 0 Å². The predicted octanol–water partition coefficient (Wildman–Crippen LogP) is 2.84. The van der Waals surface area contributed by atoms with E-state index in [1.165, 1.54) is 18.3 Å². The number of hydrogen-bond acceptors (Lipinski definition) is 6. The molecule has 7 heteroatoms. The number of esters is 1. The maximum Gasteiger partial charge on any atom is 0.344 e. The summed E-state index contributed by atoms with van der Waals surface area (Å²) in [4.78, 5) is 26.8. The molecule has 23 heavy (non-hydrogen) atoms. The number of hydrogen-bond donors (Lipinski definition) is 1. The highest BCUT2D eigenvalue weighted by atomic mass is 32.1. The van der Waals surface area contributed by atoms with Crippen molar-refractivity contribution in [2.45, 2.75) is 27.4 Å². The highest BCUT2D eigenvalue weighted by Gasteiger charge is 2.09. The molecule has 0 aliphatic heterocycles. The summed E-state index contributed by atoms with van der Waals surface area (Å²) in [6, 6.07) is 5.80. The number of nitrogens with one attached hydrogen (secondary N) is 1. The molecule has 0 atom stereocenters. The molecule has 0 bridgehead atoms. The molecule has 0 saturated carbocycles. The Morgan fingerprint density at radius 3 is 2.83 bits per heavy atom. The number of thiazole rings is 1. The Labute approximate surface area is 138 Å². The van der Waals surface area contributed by atoms with E-state index in [1.807, 2.05) is 32.0 Å². The number of ether oxygens (including phenoxy) is 2. The van der Waals surface area contributed by atoms with Gasteiger partial charge in [0.05, 0.1) is 5.69 Å². The third kappa shape index (κ3) is 5.37. The molecule has 1 aromatic heterocycles. The first-order chi connectivity index (χ1) is 10.9. The van der Waals surface area contributed by atoms with Gasteiger partial charge in [-0.05, 0) is 31.0 Å². The van der Waals surface area contributed by atoms with Crippen LogP contribution < -0.4 is 10.1 Å². The summed E-state index contributed by atoms with van der Waals surface area (Å²) in [5, 5.41) is 4.78. The Kier molecular flexibility index (Phi) is 5.70. The highest BCUT2D eigenvalue weighted by Crippen LogP contribution is 2.19. The number of amides is 1. The summed E-state index contributed by atoms with van der Waals surface area (Å²) in [5.74, 6) is 0.00774. The number of carbonyl (C=O) groups excluding carboxylic acids is 2. The standard InChI is InChI=1S/C16H18N2O4S/c1-10-4-5-11(2)14(6-10)21-8-15(20)22-7-13-9-23-16(18-13)17-12(3)19/h4-6,9H,7-8H2,1-3H3,(H,17,18,19). The Balaban J connectivity index is 1.80. The Hall–Kier alpha value is -2.41. The van der Waals surface area contributed by atoms with E-state index in [-0.39, 0.29) is 19.1 Å². The number of anilines is 1. The molecule has 122 valence electrons. The molecule has 1 aromatic carbocycles. The van der Waals surface area contributed by atoms with E-state index in [0.29, 0.717) is 16.6 Å². The van der Waals surface area contributed by atoms with Crippen LogP contribution in [0.4, 0.5) is 5.13 Å².